The summed E-state index contributed by atoms with van der Waals surface area (Å²) in [7, 11) is 0. The molecule has 0 spiro atoms. The van der Waals surface area contributed by atoms with E-state index in [4.69, 9.17) is 15.8 Å². The van der Waals surface area contributed by atoms with Crippen LogP contribution in [0.3, 0.4) is 0 Å². The van der Waals surface area contributed by atoms with Gasteiger partial charge in [-0.25, -0.2) is 14.7 Å². The molecular formula is C35H50O6. The fourth-order valence-electron chi connectivity index (χ4n) is 4.95. The van der Waals surface area contributed by atoms with Crippen LogP contribution >= 0.6 is 0 Å². The molecule has 3 N–H and O–H groups in total. The van der Waals surface area contributed by atoms with Gasteiger partial charge in [-0.05, 0) is 87.6 Å². The van der Waals surface area contributed by atoms with Gasteiger partial charge in [0.05, 0.1) is 0 Å². The van der Waals surface area contributed by atoms with Gasteiger partial charge in [0, 0.05) is 0 Å². The van der Waals surface area contributed by atoms with E-state index >= 15 is 0 Å². The smallest absolute Gasteiger partial charge is 0.125 e. The van der Waals surface area contributed by atoms with Crippen LogP contribution in [0.1, 0.15) is 109 Å². The molecular weight excluding hydrogens is 516 g/mol. The van der Waals surface area contributed by atoms with Crippen molar-refractivity contribution >= 4 is 0 Å². The van der Waals surface area contributed by atoms with Gasteiger partial charge in [-0.3, -0.25) is 15.8 Å². The molecule has 0 saturated heterocycles. The lowest BCUT2D eigenvalue weighted by Gasteiger charge is -2.34. The third-order valence-corrected chi connectivity index (χ3v) is 8.40. The number of rotatable bonds is 8. The summed E-state index contributed by atoms with van der Waals surface area (Å²) in [6.45, 7) is 13.3. The average molecular weight is 567 g/mol. The summed E-state index contributed by atoms with van der Waals surface area (Å²) in [5, 5.41) is 26.4. The van der Waals surface area contributed by atoms with Crippen molar-refractivity contribution in [3.05, 3.63) is 107 Å². The predicted molar refractivity (Wildman–Crippen MR) is 165 cm³/mol. The number of hydrogen-bond acceptors (Lipinski definition) is 6. The van der Waals surface area contributed by atoms with Crippen LogP contribution in [-0.4, -0.2) is 15.8 Å². The summed E-state index contributed by atoms with van der Waals surface area (Å²) in [6, 6.07) is 28.0. The molecule has 0 aliphatic heterocycles. The molecule has 3 aromatic carbocycles. The summed E-state index contributed by atoms with van der Waals surface area (Å²) < 4.78 is 0. The van der Waals surface area contributed by atoms with Crippen molar-refractivity contribution in [2.24, 2.45) is 0 Å². The molecule has 1 unspecified atom stereocenters. The van der Waals surface area contributed by atoms with Crippen LogP contribution in [0.4, 0.5) is 0 Å². The zero-order chi connectivity index (χ0) is 30.6. The first-order chi connectivity index (χ1) is 19.4. The van der Waals surface area contributed by atoms with Crippen LogP contribution < -0.4 is 0 Å². The second-order valence-corrected chi connectivity index (χ2v) is 12.3. The largest absolute Gasteiger partial charge is 0.251 e. The maximum atomic E-state index is 8.82. The monoisotopic (exact) mass is 566 g/mol. The fraction of sp³-hybridized carbons (Fsp3) is 0.486. The minimum atomic E-state index is -0.790. The third kappa shape index (κ3) is 9.74. The lowest BCUT2D eigenvalue weighted by atomic mass is 9.71. The summed E-state index contributed by atoms with van der Waals surface area (Å²) in [5.74, 6) is 0. The molecule has 1 aliphatic carbocycles. The Balaban J connectivity index is 0.000000218. The second kappa shape index (κ2) is 15.6. The molecule has 1 atom stereocenters. The molecule has 0 bridgehead atoms. The Morgan fingerprint density at radius 1 is 0.610 bits per heavy atom. The molecule has 6 nitrogen and oxygen atoms in total. The lowest BCUT2D eigenvalue weighted by molar-refractivity contribution is -0.324. The van der Waals surface area contributed by atoms with Gasteiger partial charge in [0.2, 0.25) is 0 Å². The van der Waals surface area contributed by atoms with Crippen molar-refractivity contribution in [3.8, 4) is 0 Å². The van der Waals surface area contributed by atoms with Crippen LogP contribution in [0.15, 0.2) is 84.9 Å². The van der Waals surface area contributed by atoms with E-state index in [0.29, 0.717) is 5.41 Å². The predicted octanol–water partition coefficient (Wildman–Crippen LogP) is 9.85. The highest BCUT2D eigenvalue weighted by atomic mass is 17.1. The molecule has 6 heteroatoms. The molecule has 0 amide bonds. The first kappa shape index (κ1) is 34.6. The van der Waals surface area contributed by atoms with Crippen LogP contribution in [-0.2, 0) is 36.9 Å². The molecule has 226 valence electrons. The summed E-state index contributed by atoms with van der Waals surface area (Å²) in [6.07, 6.45) is 7.74. The highest BCUT2D eigenvalue weighted by molar-refractivity contribution is 5.30. The van der Waals surface area contributed by atoms with E-state index in [9.17, 15) is 0 Å². The first-order valence-electron chi connectivity index (χ1n) is 14.6. The van der Waals surface area contributed by atoms with Crippen molar-refractivity contribution in [2.45, 2.75) is 109 Å². The van der Waals surface area contributed by atoms with Gasteiger partial charge >= 0.3 is 0 Å². The van der Waals surface area contributed by atoms with Crippen LogP contribution in [0.25, 0.3) is 0 Å². The Kier molecular flexibility index (Phi) is 13.2. The molecule has 0 aromatic heterocycles. The number of benzene rings is 3. The van der Waals surface area contributed by atoms with Crippen LogP contribution in [0, 0.1) is 0 Å². The molecule has 1 fully saturated rings. The first-order valence-corrected chi connectivity index (χ1v) is 14.6. The van der Waals surface area contributed by atoms with E-state index in [-0.39, 0.29) is 0 Å². The standard InChI is InChI=1S/C13H18.C12H18O4.C10H14O2/c1-13(10-6-3-7-11-13)12-8-4-2-5-9-12;1-11(2,15-13)9-6-5-7-10(8-9)12(3,4)16-14;1-3-10(2,12-11)9-7-5-4-6-8-9/h2,4-5,8-9H,3,6-7,10-11H2,1H3;5-8,13-14H,1-4H3;4-8,11H,3H2,1-2H3. The Labute approximate surface area is 246 Å². The highest BCUT2D eigenvalue weighted by Crippen LogP contribution is 2.38. The molecule has 41 heavy (non-hydrogen) atoms. The zero-order valence-corrected chi connectivity index (χ0v) is 25.9. The van der Waals surface area contributed by atoms with Crippen molar-refractivity contribution < 1.29 is 30.4 Å². The van der Waals surface area contributed by atoms with Crippen LogP contribution in [0.5, 0.6) is 0 Å². The molecule has 1 aliphatic rings. The number of hydrogen-bond donors (Lipinski definition) is 3. The Hall–Kier alpha value is -2.58. The Morgan fingerprint density at radius 3 is 1.46 bits per heavy atom. The van der Waals surface area contributed by atoms with Gasteiger partial charge < -0.3 is 0 Å². The van der Waals surface area contributed by atoms with E-state index in [2.05, 4.69) is 51.9 Å². The minimum absolute atomic E-state index is 0.472. The zero-order valence-electron chi connectivity index (χ0n) is 25.9. The van der Waals surface area contributed by atoms with E-state index in [1.807, 2.05) is 68.4 Å². The Morgan fingerprint density at radius 2 is 1.05 bits per heavy atom. The van der Waals surface area contributed by atoms with Crippen molar-refractivity contribution in [3.63, 3.8) is 0 Å². The van der Waals surface area contributed by atoms with E-state index in [1.165, 1.54) is 37.7 Å². The maximum absolute atomic E-state index is 8.82. The van der Waals surface area contributed by atoms with E-state index < -0.39 is 16.8 Å². The molecule has 0 radical (unpaired) electrons. The second-order valence-electron chi connectivity index (χ2n) is 12.3. The third-order valence-electron chi connectivity index (χ3n) is 8.40. The van der Waals surface area contributed by atoms with Gasteiger partial charge in [-0.1, -0.05) is 112 Å². The summed E-state index contributed by atoms with van der Waals surface area (Å²) in [4.78, 5) is 13.3. The summed E-state index contributed by atoms with van der Waals surface area (Å²) in [5.41, 5.74) is 2.46. The van der Waals surface area contributed by atoms with Gasteiger partial charge in [-0.2, -0.15) is 0 Å². The van der Waals surface area contributed by atoms with Gasteiger partial charge in [-0.15, -0.1) is 0 Å². The minimum Gasteiger partial charge on any atom is -0.251 e. The average Bonchev–Trinajstić information content (AvgIpc) is 3.02. The Bertz CT molecular complexity index is 1100. The van der Waals surface area contributed by atoms with Crippen molar-refractivity contribution in [2.75, 3.05) is 0 Å². The van der Waals surface area contributed by atoms with Crippen molar-refractivity contribution in [1.82, 2.24) is 0 Å². The topological polar surface area (TPSA) is 88.4 Å². The SMILES string of the molecule is CC(C)(OO)c1cccc(C(C)(C)OO)c1.CC1(c2ccccc2)CCCCC1.CCC(C)(OO)c1ccccc1. The van der Waals surface area contributed by atoms with Crippen molar-refractivity contribution in [1.29, 1.82) is 0 Å². The molecule has 1 saturated carbocycles. The summed E-state index contributed by atoms with van der Waals surface area (Å²) >= 11 is 0. The molecule has 3 aromatic rings. The van der Waals surface area contributed by atoms with E-state index in [0.717, 1.165) is 23.1 Å². The van der Waals surface area contributed by atoms with Gasteiger partial charge in [0.15, 0.2) is 0 Å². The highest BCUT2D eigenvalue weighted by Gasteiger charge is 2.28. The van der Waals surface area contributed by atoms with Gasteiger partial charge in [0.1, 0.15) is 16.8 Å². The fourth-order valence-corrected chi connectivity index (χ4v) is 4.95. The molecule has 0 heterocycles. The normalized spacial score (nSPS) is 16.3. The van der Waals surface area contributed by atoms with Crippen LogP contribution in [0.2, 0.25) is 0 Å². The maximum Gasteiger partial charge on any atom is 0.125 e. The lowest BCUT2D eigenvalue weighted by Crippen LogP contribution is -2.24. The van der Waals surface area contributed by atoms with Gasteiger partial charge in [0.25, 0.3) is 0 Å². The molecule has 4 rings (SSSR count). The quantitative estimate of drug-likeness (QED) is 0.186. The van der Waals surface area contributed by atoms with E-state index in [1.54, 1.807) is 27.7 Å².